The molecular weight excluding hydrogens is 342 g/mol. The highest BCUT2D eigenvalue weighted by Crippen LogP contribution is 2.35. The third-order valence-corrected chi connectivity index (χ3v) is 6.09. The van der Waals surface area contributed by atoms with E-state index < -0.39 is 26.3 Å². The van der Waals surface area contributed by atoms with Crippen LogP contribution in [-0.4, -0.2) is 31.6 Å². The van der Waals surface area contributed by atoms with Crippen molar-refractivity contribution in [2.24, 2.45) is 0 Å². The van der Waals surface area contributed by atoms with Crippen LogP contribution in [0.2, 0.25) is 0 Å². The number of rotatable bonds is 8. The number of phenolic OH excluding ortho intramolecular Hbond substituents is 1. The lowest BCUT2D eigenvalue weighted by atomic mass is 9.94. The van der Waals surface area contributed by atoms with Gasteiger partial charge in [-0.25, -0.2) is 8.42 Å². The number of nitrogens with one attached hydrogen (secondary N) is 1. The zero-order valence-electron chi connectivity index (χ0n) is 15.6. The Morgan fingerprint density at radius 1 is 1.16 bits per heavy atom. The van der Waals surface area contributed by atoms with Crippen molar-refractivity contribution >= 4 is 15.9 Å². The molecule has 0 aromatic heterocycles. The molecule has 0 aliphatic rings. The Morgan fingerprint density at radius 3 is 2.20 bits per heavy atom. The van der Waals surface area contributed by atoms with Crippen molar-refractivity contribution in [3.63, 3.8) is 0 Å². The number of carbonyl (C=O) groups excluding carboxylic acids is 1. The molecule has 142 valence electrons. The number of amides is 1. The van der Waals surface area contributed by atoms with Crippen molar-refractivity contribution in [1.82, 2.24) is 4.72 Å². The minimum absolute atomic E-state index is 0.0570. The van der Waals surface area contributed by atoms with Gasteiger partial charge >= 0.3 is 0 Å². The zero-order chi connectivity index (χ0) is 19.3. The van der Waals surface area contributed by atoms with E-state index in [1.54, 1.807) is 39.8 Å². The van der Waals surface area contributed by atoms with Crippen molar-refractivity contribution < 1.29 is 23.1 Å². The molecule has 25 heavy (non-hydrogen) atoms. The SMILES string of the molecule is CCCCC(C)(c1ccc(O)cc1)S(=O)(=O)NC(=O)COC(C)(C)C. The van der Waals surface area contributed by atoms with Gasteiger partial charge in [0.25, 0.3) is 5.91 Å². The number of aromatic hydroxyl groups is 1. The molecule has 0 saturated heterocycles. The van der Waals surface area contributed by atoms with Crippen LogP contribution < -0.4 is 4.72 Å². The normalized spacial score (nSPS) is 14.8. The van der Waals surface area contributed by atoms with Crippen molar-refractivity contribution in [3.05, 3.63) is 29.8 Å². The highest BCUT2D eigenvalue weighted by Gasteiger charge is 2.41. The molecule has 0 radical (unpaired) electrons. The second-order valence-corrected chi connectivity index (χ2v) is 9.42. The van der Waals surface area contributed by atoms with E-state index in [0.29, 0.717) is 18.4 Å². The third kappa shape index (κ3) is 6.01. The Kier molecular flexibility index (Phi) is 7.02. The maximum absolute atomic E-state index is 12.9. The summed E-state index contributed by atoms with van der Waals surface area (Å²) >= 11 is 0. The molecule has 0 saturated carbocycles. The second kappa shape index (κ2) is 8.19. The van der Waals surface area contributed by atoms with Crippen LogP contribution in [0, 0.1) is 0 Å². The van der Waals surface area contributed by atoms with Gasteiger partial charge in [-0.3, -0.25) is 9.52 Å². The van der Waals surface area contributed by atoms with Crippen LogP contribution in [0.5, 0.6) is 5.75 Å². The van der Waals surface area contributed by atoms with Crippen LogP contribution >= 0.6 is 0 Å². The number of benzene rings is 1. The van der Waals surface area contributed by atoms with Crippen molar-refractivity contribution in [2.45, 2.75) is 64.2 Å². The van der Waals surface area contributed by atoms with Gasteiger partial charge in [0.1, 0.15) is 17.1 Å². The summed E-state index contributed by atoms with van der Waals surface area (Å²) in [6.07, 6.45) is 1.87. The maximum atomic E-state index is 12.9. The molecule has 6 nitrogen and oxygen atoms in total. The van der Waals surface area contributed by atoms with Crippen LogP contribution in [0.3, 0.4) is 0 Å². The smallest absolute Gasteiger partial charge is 0.259 e. The Hall–Kier alpha value is -1.60. The quantitative estimate of drug-likeness (QED) is 0.733. The van der Waals surface area contributed by atoms with E-state index in [0.717, 1.165) is 6.42 Å². The molecule has 0 aliphatic carbocycles. The molecule has 1 amide bonds. The third-order valence-electron chi connectivity index (χ3n) is 3.96. The van der Waals surface area contributed by atoms with Crippen LogP contribution in [0.15, 0.2) is 24.3 Å². The number of hydrogen-bond acceptors (Lipinski definition) is 5. The molecule has 2 N–H and O–H groups in total. The van der Waals surface area contributed by atoms with Gasteiger partial charge < -0.3 is 9.84 Å². The highest BCUT2D eigenvalue weighted by molar-refractivity contribution is 7.91. The number of sulfonamides is 1. The van der Waals surface area contributed by atoms with Gasteiger partial charge in [-0.1, -0.05) is 31.9 Å². The first-order valence-electron chi connectivity index (χ1n) is 8.40. The van der Waals surface area contributed by atoms with Crippen molar-refractivity contribution in [1.29, 1.82) is 0 Å². The maximum Gasteiger partial charge on any atom is 0.259 e. The Labute approximate surface area is 150 Å². The molecule has 1 aromatic carbocycles. The molecule has 7 heteroatoms. The molecule has 0 heterocycles. The van der Waals surface area contributed by atoms with E-state index in [1.807, 2.05) is 6.92 Å². The lowest BCUT2D eigenvalue weighted by Crippen LogP contribution is -2.46. The molecule has 0 spiro atoms. The number of hydrogen-bond donors (Lipinski definition) is 2. The molecule has 1 atom stereocenters. The highest BCUT2D eigenvalue weighted by atomic mass is 32.2. The predicted octanol–water partition coefficient (Wildman–Crippen LogP) is 3.06. The van der Waals surface area contributed by atoms with E-state index in [2.05, 4.69) is 4.72 Å². The number of carbonyl (C=O) groups is 1. The lowest BCUT2D eigenvalue weighted by molar-refractivity contribution is -0.128. The molecule has 0 aliphatic heterocycles. The van der Waals surface area contributed by atoms with Gasteiger partial charge in [-0.2, -0.15) is 0 Å². The average molecular weight is 371 g/mol. The largest absolute Gasteiger partial charge is 0.508 e. The van der Waals surface area contributed by atoms with Crippen molar-refractivity contribution in [3.8, 4) is 5.75 Å². The summed E-state index contributed by atoms with van der Waals surface area (Å²) in [4.78, 5) is 12.1. The fourth-order valence-corrected chi connectivity index (χ4v) is 3.78. The first kappa shape index (κ1) is 21.4. The van der Waals surface area contributed by atoms with Crippen molar-refractivity contribution in [2.75, 3.05) is 6.61 Å². The Bertz CT molecular complexity index is 676. The summed E-state index contributed by atoms with van der Waals surface area (Å²) < 4.78 is 32.1. The average Bonchev–Trinajstić information content (AvgIpc) is 2.50. The molecule has 1 unspecified atom stereocenters. The monoisotopic (exact) mass is 371 g/mol. The molecule has 0 bridgehead atoms. The number of unbranched alkanes of at least 4 members (excludes halogenated alkanes) is 1. The van der Waals surface area contributed by atoms with Gasteiger partial charge in [0.2, 0.25) is 10.0 Å². The summed E-state index contributed by atoms with van der Waals surface area (Å²) in [5.74, 6) is -0.641. The summed E-state index contributed by atoms with van der Waals surface area (Å²) in [7, 11) is -3.99. The van der Waals surface area contributed by atoms with Crippen LogP contribution in [0.4, 0.5) is 0 Å². The summed E-state index contributed by atoms with van der Waals surface area (Å²) in [6.45, 7) is 8.60. The fraction of sp³-hybridized carbons (Fsp3) is 0.611. The minimum atomic E-state index is -3.99. The first-order valence-corrected chi connectivity index (χ1v) is 9.88. The molecule has 1 rings (SSSR count). The van der Waals surface area contributed by atoms with Gasteiger partial charge in [0, 0.05) is 0 Å². The number of phenols is 1. The Morgan fingerprint density at radius 2 is 1.72 bits per heavy atom. The zero-order valence-corrected chi connectivity index (χ0v) is 16.4. The van der Waals surface area contributed by atoms with E-state index in [4.69, 9.17) is 4.74 Å². The van der Waals surface area contributed by atoms with Crippen LogP contribution in [0.25, 0.3) is 0 Å². The van der Waals surface area contributed by atoms with Crippen LogP contribution in [-0.2, 0) is 24.3 Å². The van der Waals surface area contributed by atoms with Gasteiger partial charge in [0.05, 0.1) is 5.60 Å². The lowest BCUT2D eigenvalue weighted by Gasteiger charge is -2.30. The summed E-state index contributed by atoms with van der Waals surface area (Å²) in [5, 5.41) is 9.46. The van der Waals surface area contributed by atoms with E-state index in [9.17, 15) is 18.3 Å². The molecule has 1 aromatic rings. The standard InChI is InChI=1S/C18H29NO5S/c1-6-7-12-18(5,14-8-10-15(20)11-9-14)25(22,23)19-16(21)13-24-17(2,3)4/h8-11,20H,6-7,12-13H2,1-5H3,(H,19,21). The fourth-order valence-electron chi connectivity index (χ4n) is 2.34. The topological polar surface area (TPSA) is 92.7 Å². The Balaban J connectivity index is 3.07. The second-order valence-electron chi connectivity index (χ2n) is 7.31. The first-order chi connectivity index (χ1) is 11.4. The summed E-state index contributed by atoms with van der Waals surface area (Å²) in [6, 6.07) is 6.03. The van der Waals surface area contributed by atoms with Crippen LogP contribution in [0.1, 0.15) is 59.4 Å². The minimum Gasteiger partial charge on any atom is -0.508 e. The molecule has 0 fully saturated rings. The summed E-state index contributed by atoms with van der Waals surface area (Å²) in [5.41, 5.74) is -0.0142. The van der Waals surface area contributed by atoms with Gasteiger partial charge in [-0.15, -0.1) is 0 Å². The van der Waals surface area contributed by atoms with Gasteiger partial charge in [0.15, 0.2) is 0 Å². The number of ether oxygens (including phenoxy) is 1. The van der Waals surface area contributed by atoms with Gasteiger partial charge in [-0.05, 0) is 51.8 Å². The predicted molar refractivity (Wildman–Crippen MR) is 97.8 cm³/mol. The van der Waals surface area contributed by atoms with E-state index >= 15 is 0 Å². The molecular formula is C18H29NO5S. The van der Waals surface area contributed by atoms with E-state index in [1.165, 1.54) is 12.1 Å². The van der Waals surface area contributed by atoms with E-state index in [-0.39, 0.29) is 12.4 Å².